The SMILES string of the molecule is CCCc1ccc(-c2cccc3c2C=C(C(C)C)C3)cc1. The molecule has 0 spiro atoms. The molecule has 0 saturated heterocycles. The second-order valence-electron chi connectivity index (χ2n) is 6.38. The summed E-state index contributed by atoms with van der Waals surface area (Å²) in [6.45, 7) is 6.81. The summed E-state index contributed by atoms with van der Waals surface area (Å²) < 4.78 is 0. The third-order valence-corrected chi connectivity index (χ3v) is 4.47. The van der Waals surface area contributed by atoms with E-state index in [0.717, 1.165) is 6.42 Å². The van der Waals surface area contributed by atoms with E-state index in [0.29, 0.717) is 5.92 Å². The van der Waals surface area contributed by atoms with Crippen LogP contribution in [0.25, 0.3) is 17.2 Å². The van der Waals surface area contributed by atoms with Gasteiger partial charge >= 0.3 is 0 Å². The molecule has 0 fully saturated rings. The maximum atomic E-state index is 2.41. The van der Waals surface area contributed by atoms with Gasteiger partial charge in [0.05, 0.1) is 0 Å². The Bertz CT molecular complexity index is 657. The summed E-state index contributed by atoms with van der Waals surface area (Å²) in [4.78, 5) is 0. The number of benzene rings is 2. The van der Waals surface area contributed by atoms with E-state index >= 15 is 0 Å². The first-order valence-corrected chi connectivity index (χ1v) is 8.10. The molecule has 0 saturated carbocycles. The molecular formula is C21H24. The van der Waals surface area contributed by atoms with Crippen LogP contribution in [0, 0.1) is 5.92 Å². The highest BCUT2D eigenvalue weighted by Crippen LogP contribution is 2.36. The third-order valence-electron chi connectivity index (χ3n) is 4.47. The minimum Gasteiger partial charge on any atom is -0.0651 e. The molecule has 0 N–H and O–H groups in total. The van der Waals surface area contributed by atoms with E-state index in [-0.39, 0.29) is 0 Å². The topological polar surface area (TPSA) is 0 Å². The molecule has 0 heteroatoms. The summed E-state index contributed by atoms with van der Waals surface area (Å²) in [5.74, 6) is 0.636. The van der Waals surface area contributed by atoms with Gasteiger partial charge in [-0.25, -0.2) is 0 Å². The van der Waals surface area contributed by atoms with Crippen LogP contribution >= 0.6 is 0 Å². The van der Waals surface area contributed by atoms with Gasteiger partial charge in [-0.05, 0) is 46.6 Å². The smallest absolute Gasteiger partial charge is 0.00550 e. The summed E-state index contributed by atoms with van der Waals surface area (Å²) in [6.07, 6.45) is 5.91. The average Bonchev–Trinajstić information content (AvgIpc) is 2.93. The predicted molar refractivity (Wildman–Crippen MR) is 92.4 cm³/mol. The molecule has 0 atom stereocenters. The molecule has 2 aromatic rings. The molecule has 0 heterocycles. The van der Waals surface area contributed by atoms with Gasteiger partial charge in [0.2, 0.25) is 0 Å². The fourth-order valence-corrected chi connectivity index (χ4v) is 3.16. The Labute approximate surface area is 128 Å². The minimum atomic E-state index is 0.636. The number of allylic oxidation sites excluding steroid dienone is 1. The van der Waals surface area contributed by atoms with Crippen LogP contribution in [-0.2, 0) is 12.8 Å². The van der Waals surface area contributed by atoms with Gasteiger partial charge in [0.1, 0.15) is 0 Å². The molecule has 0 nitrogen and oxygen atoms in total. The van der Waals surface area contributed by atoms with Crippen LogP contribution in [0.5, 0.6) is 0 Å². The zero-order chi connectivity index (χ0) is 14.8. The van der Waals surface area contributed by atoms with Crippen LogP contribution in [-0.4, -0.2) is 0 Å². The van der Waals surface area contributed by atoms with E-state index in [4.69, 9.17) is 0 Å². The van der Waals surface area contributed by atoms with Crippen LogP contribution in [0.2, 0.25) is 0 Å². The minimum absolute atomic E-state index is 0.636. The summed E-state index contributed by atoms with van der Waals surface area (Å²) in [5, 5.41) is 0. The van der Waals surface area contributed by atoms with E-state index in [1.54, 1.807) is 5.57 Å². The van der Waals surface area contributed by atoms with Crippen molar-refractivity contribution in [3.05, 3.63) is 64.7 Å². The highest BCUT2D eigenvalue weighted by molar-refractivity contribution is 5.80. The zero-order valence-electron chi connectivity index (χ0n) is 13.3. The Morgan fingerprint density at radius 1 is 1.00 bits per heavy atom. The molecular weight excluding hydrogens is 252 g/mol. The van der Waals surface area contributed by atoms with E-state index in [1.807, 2.05) is 0 Å². The van der Waals surface area contributed by atoms with E-state index in [2.05, 4.69) is 69.3 Å². The lowest BCUT2D eigenvalue weighted by Gasteiger charge is -2.09. The summed E-state index contributed by atoms with van der Waals surface area (Å²) in [7, 11) is 0. The van der Waals surface area contributed by atoms with Gasteiger partial charge in [-0.1, -0.05) is 81.3 Å². The van der Waals surface area contributed by atoms with Crippen molar-refractivity contribution in [2.45, 2.75) is 40.0 Å². The van der Waals surface area contributed by atoms with Gasteiger partial charge in [-0.15, -0.1) is 0 Å². The van der Waals surface area contributed by atoms with Crippen molar-refractivity contribution >= 4 is 6.08 Å². The second kappa shape index (κ2) is 5.89. The first kappa shape index (κ1) is 14.1. The molecule has 0 aliphatic heterocycles. The largest absolute Gasteiger partial charge is 0.0651 e. The summed E-state index contributed by atoms with van der Waals surface area (Å²) >= 11 is 0. The maximum Gasteiger partial charge on any atom is -0.00550 e. The van der Waals surface area contributed by atoms with E-state index in [9.17, 15) is 0 Å². The van der Waals surface area contributed by atoms with Crippen LogP contribution in [0.3, 0.4) is 0 Å². The number of hydrogen-bond acceptors (Lipinski definition) is 0. The number of hydrogen-bond donors (Lipinski definition) is 0. The lowest BCUT2D eigenvalue weighted by molar-refractivity contribution is 0.754. The van der Waals surface area contributed by atoms with Crippen molar-refractivity contribution in [2.75, 3.05) is 0 Å². The fraction of sp³-hybridized carbons (Fsp3) is 0.333. The predicted octanol–water partition coefficient (Wildman–Crippen LogP) is 5.90. The molecule has 0 aromatic heterocycles. The van der Waals surface area contributed by atoms with Crippen LogP contribution in [0.4, 0.5) is 0 Å². The lowest BCUT2D eigenvalue weighted by Crippen LogP contribution is -1.93. The summed E-state index contributed by atoms with van der Waals surface area (Å²) in [6, 6.07) is 15.8. The Balaban J connectivity index is 1.99. The molecule has 0 unspecified atom stereocenters. The lowest BCUT2D eigenvalue weighted by atomic mass is 9.96. The Morgan fingerprint density at radius 3 is 2.43 bits per heavy atom. The number of fused-ring (bicyclic) bond motifs is 1. The molecule has 1 aliphatic rings. The second-order valence-corrected chi connectivity index (χ2v) is 6.38. The molecule has 21 heavy (non-hydrogen) atoms. The fourth-order valence-electron chi connectivity index (χ4n) is 3.16. The monoisotopic (exact) mass is 276 g/mol. The van der Waals surface area contributed by atoms with E-state index in [1.165, 1.54) is 40.7 Å². The van der Waals surface area contributed by atoms with Gasteiger partial charge in [0, 0.05) is 0 Å². The van der Waals surface area contributed by atoms with Crippen LogP contribution in [0.15, 0.2) is 48.0 Å². The summed E-state index contributed by atoms with van der Waals surface area (Å²) in [5.41, 5.74) is 8.63. The molecule has 0 bridgehead atoms. The highest BCUT2D eigenvalue weighted by atomic mass is 14.2. The van der Waals surface area contributed by atoms with Crippen molar-refractivity contribution < 1.29 is 0 Å². The molecule has 0 radical (unpaired) electrons. The first-order chi connectivity index (χ1) is 10.2. The van der Waals surface area contributed by atoms with Crippen molar-refractivity contribution in [3.63, 3.8) is 0 Å². The maximum absolute atomic E-state index is 2.41. The molecule has 2 aromatic carbocycles. The first-order valence-electron chi connectivity index (χ1n) is 8.10. The standard InChI is InChI=1S/C21H24/c1-4-6-16-9-11-17(12-10-16)20-8-5-7-18-13-19(15(2)3)14-21(18)20/h5,7-12,14-15H,4,6,13H2,1-3H3. The van der Waals surface area contributed by atoms with Crippen LogP contribution in [0.1, 0.15) is 43.9 Å². The van der Waals surface area contributed by atoms with Gasteiger partial charge in [0.15, 0.2) is 0 Å². The third kappa shape index (κ3) is 2.81. The average molecular weight is 276 g/mol. The molecule has 108 valence electrons. The van der Waals surface area contributed by atoms with Gasteiger partial charge in [-0.2, -0.15) is 0 Å². The molecule has 1 aliphatic carbocycles. The number of rotatable bonds is 4. The van der Waals surface area contributed by atoms with E-state index < -0.39 is 0 Å². The highest BCUT2D eigenvalue weighted by Gasteiger charge is 2.18. The van der Waals surface area contributed by atoms with Crippen molar-refractivity contribution in [1.29, 1.82) is 0 Å². The van der Waals surface area contributed by atoms with Crippen LogP contribution < -0.4 is 0 Å². The van der Waals surface area contributed by atoms with Crippen molar-refractivity contribution in [2.24, 2.45) is 5.92 Å². The quantitative estimate of drug-likeness (QED) is 0.652. The number of aryl methyl sites for hydroxylation is 1. The Hall–Kier alpha value is -1.82. The van der Waals surface area contributed by atoms with Gasteiger partial charge < -0.3 is 0 Å². The van der Waals surface area contributed by atoms with Gasteiger partial charge in [-0.3, -0.25) is 0 Å². The molecule has 3 rings (SSSR count). The van der Waals surface area contributed by atoms with Crippen molar-refractivity contribution in [3.8, 4) is 11.1 Å². The molecule has 0 amide bonds. The van der Waals surface area contributed by atoms with Gasteiger partial charge in [0.25, 0.3) is 0 Å². The Kier molecular flexibility index (Phi) is 3.96. The Morgan fingerprint density at radius 2 is 1.76 bits per heavy atom. The normalized spacial score (nSPS) is 13.4. The zero-order valence-corrected chi connectivity index (χ0v) is 13.3. The van der Waals surface area contributed by atoms with Crippen molar-refractivity contribution in [1.82, 2.24) is 0 Å².